The van der Waals surface area contributed by atoms with E-state index in [1.54, 1.807) is 6.21 Å². The van der Waals surface area contributed by atoms with Gasteiger partial charge in [-0.25, -0.2) is 5.43 Å². The second-order valence-corrected chi connectivity index (χ2v) is 6.44. The van der Waals surface area contributed by atoms with E-state index in [2.05, 4.69) is 15.8 Å². The number of amides is 2. The van der Waals surface area contributed by atoms with Gasteiger partial charge in [0.25, 0.3) is 0 Å². The zero-order valence-electron chi connectivity index (χ0n) is 14.2. The summed E-state index contributed by atoms with van der Waals surface area (Å²) in [5.41, 5.74) is 3.36. The summed E-state index contributed by atoms with van der Waals surface area (Å²) in [5, 5.41) is 9.10. The van der Waals surface area contributed by atoms with Gasteiger partial charge in [-0.1, -0.05) is 61.7 Å². The Labute approximate surface area is 147 Å². The first-order valence-corrected chi connectivity index (χ1v) is 8.81. The van der Waals surface area contributed by atoms with Crippen molar-refractivity contribution in [1.82, 2.24) is 10.7 Å². The van der Waals surface area contributed by atoms with Gasteiger partial charge in [0.2, 0.25) is 11.8 Å². The van der Waals surface area contributed by atoms with E-state index in [0.717, 1.165) is 42.0 Å². The molecule has 0 radical (unpaired) electrons. The number of nitrogens with zero attached hydrogens (tertiary/aromatic N) is 1. The van der Waals surface area contributed by atoms with Gasteiger partial charge in [-0.2, -0.15) is 5.10 Å². The summed E-state index contributed by atoms with van der Waals surface area (Å²) in [6.45, 7) is 0. The lowest BCUT2D eigenvalue weighted by atomic mass is 9.95. The highest BCUT2D eigenvalue weighted by Gasteiger charge is 2.17. The maximum absolute atomic E-state index is 11.9. The van der Waals surface area contributed by atoms with Crippen molar-refractivity contribution in [3.8, 4) is 0 Å². The van der Waals surface area contributed by atoms with Gasteiger partial charge >= 0.3 is 0 Å². The van der Waals surface area contributed by atoms with Crippen molar-refractivity contribution in [3.63, 3.8) is 0 Å². The van der Waals surface area contributed by atoms with Crippen molar-refractivity contribution in [2.45, 2.75) is 44.6 Å². The van der Waals surface area contributed by atoms with E-state index in [0.29, 0.717) is 0 Å². The number of rotatable bonds is 5. The number of carbonyl (C=O) groups is 2. The number of fused-ring (bicyclic) bond motifs is 1. The van der Waals surface area contributed by atoms with E-state index in [1.165, 1.54) is 6.42 Å². The van der Waals surface area contributed by atoms with Gasteiger partial charge in [0.05, 0.1) is 6.21 Å². The largest absolute Gasteiger partial charge is 0.353 e. The van der Waals surface area contributed by atoms with Crippen molar-refractivity contribution in [2.75, 3.05) is 0 Å². The smallest absolute Gasteiger partial charge is 0.249 e. The minimum atomic E-state index is -0.398. The predicted octanol–water partition coefficient (Wildman–Crippen LogP) is 3.13. The first kappa shape index (κ1) is 17.1. The summed E-state index contributed by atoms with van der Waals surface area (Å²) in [7, 11) is 0. The highest BCUT2D eigenvalue weighted by molar-refractivity contribution is 6.01. The minimum absolute atomic E-state index is 0.191. The van der Waals surface area contributed by atoms with Gasteiger partial charge in [-0.15, -0.1) is 0 Å². The molecule has 1 fully saturated rings. The molecule has 1 aliphatic rings. The molecule has 2 aromatic rings. The van der Waals surface area contributed by atoms with E-state index in [-0.39, 0.29) is 18.4 Å². The van der Waals surface area contributed by atoms with Crippen LogP contribution >= 0.6 is 0 Å². The van der Waals surface area contributed by atoms with Gasteiger partial charge in [0, 0.05) is 11.6 Å². The van der Waals surface area contributed by atoms with E-state index >= 15 is 0 Å². The summed E-state index contributed by atoms with van der Waals surface area (Å²) < 4.78 is 0. The number of hydrogen-bond donors (Lipinski definition) is 2. The van der Waals surface area contributed by atoms with Crippen molar-refractivity contribution < 1.29 is 9.59 Å². The number of hydrogen-bond acceptors (Lipinski definition) is 3. The maximum atomic E-state index is 11.9. The third-order valence-electron chi connectivity index (χ3n) is 4.51. The molecule has 2 N–H and O–H groups in total. The van der Waals surface area contributed by atoms with Gasteiger partial charge in [-0.05, 0) is 23.6 Å². The number of carbonyl (C=O) groups excluding carboxylic acids is 2. The molecule has 0 saturated heterocycles. The van der Waals surface area contributed by atoms with Crippen LogP contribution in [-0.2, 0) is 9.59 Å². The molecule has 5 heteroatoms. The Bertz CT molecular complexity index is 774. The van der Waals surface area contributed by atoms with E-state index in [9.17, 15) is 9.59 Å². The quantitative estimate of drug-likeness (QED) is 0.500. The summed E-state index contributed by atoms with van der Waals surface area (Å²) in [6, 6.07) is 14.1. The molecule has 0 spiro atoms. The van der Waals surface area contributed by atoms with E-state index < -0.39 is 5.91 Å². The summed E-state index contributed by atoms with van der Waals surface area (Å²) in [6.07, 6.45) is 6.95. The van der Waals surface area contributed by atoms with Crippen LogP contribution in [-0.4, -0.2) is 24.1 Å². The topological polar surface area (TPSA) is 70.6 Å². The van der Waals surface area contributed by atoms with Gasteiger partial charge in [0.1, 0.15) is 6.42 Å². The molecule has 2 aromatic carbocycles. The molecular formula is C20H23N3O2. The first-order valence-electron chi connectivity index (χ1n) is 8.81. The molecule has 1 saturated carbocycles. The second-order valence-electron chi connectivity index (χ2n) is 6.44. The molecule has 3 rings (SSSR count). The predicted molar refractivity (Wildman–Crippen MR) is 99.3 cm³/mol. The molecule has 0 aliphatic heterocycles. The molecule has 0 aromatic heterocycles. The SMILES string of the molecule is O=C(CC(=O)NC1CCCCC1)N/N=C\c1cccc2ccccc12. The first-order chi connectivity index (χ1) is 12.2. The van der Waals surface area contributed by atoms with Crippen molar-refractivity contribution in [3.05, 3.63) is 48.0 Å². The van der Waals surface area contributed by atoms with E-state index in [4.69, 9.17) is 0 Å². The van der Waals surface area contributed by atoms with Crippen molar-refractivity contribution in [2.24, 2.45) is 5.10 Å². The molecule has 5 nitrogen and oxygen atoms in total. The highest BCUT2D eigenvalue weighted by atomic mass is 16.2. The molecule has 2 amide bonds. The number of hydrazone groups is 1. The Morgan fingerprint density at radius 3 is 2.60 bits per heavy atom. The second kappa shape index (κ2) is 8.42. The summed E-state index contributed by atoms with van der Waals surface area (Å²) in [4.78, 5) is 23.8. The van der Waals surface area contributed by atoms with Crippen molar-refractivity contribution in [1.29, 1.82) is 0 Å². The van der Waals surface area contributed by atoms with Gasteiger partial charge in [-0.3, -0.25) is 9.59 Å². The Morgan fingerprint density at radius 1 is 1.00 bits per heavy atom. The highest BCUT2D eigenvalue weighted by Crippen LogP contribution is 2.18. The number of benzene rings is 2. The average molecular weight is 337 g/mol. The third-order valence-corrected chi connectivity index (χ3v) is 4.51. The Balaban J connectivity index is 1.51. The molecule has 25 heavy (non-hydrogen) atoms. The maximum Gasteiger partial charge on any atom is 0.249 e. The molecule has 0 unspecified atom stereocenters. The Hall–Kier alpha value is -2.69. The van der Waals surface area contributed by atoms with Gasteiger partial charge < -0.3 is 5.32 Å². The minimum Gasteiger partial charge on any atom is -0.353 e. The molecule has 130 valence electrons. The Morgan fingerprint density at radius 2 is 1.76 bits per heavy atom. The molecule has 0 atom stereocenters. The summed E-state index contributed by atoms with van der Waals surface area (Å²) >= 11 is 0. The molecule has 0 bridgehead atoms. The average Bonchev–Trinajstić information content (AvgIpc) is 2.62. The van der Waals surface area contributed by atoms with Crippen LogP contribution in [0.5, 0.6) is 0 Å². The monoisotopic (exact) mass is 337 g/mol. The van der Waals surface area contributed by atoms with Crippen molar-refractivity contribution >= 4 is 28.8 Å². The fraction of sp³-hybridized carbons (Fsp3) is 0.350. The zero-order valence-corrected chi connectivity index (χ0v) is 14.2. The van der Waals surface area contributed by atoms with Gasteiger partial charge in [0.15, 0.2) is 0 Å². The zero-order chi connectivity index (χ0) is 17.5. The van der Waals surface area contributed by atoms with Crippen LogP contribution in [0.15, 0.2) is 47.6 Å². The molecule has 0 heterocycles. The number of nitrogens with one attached hydrogen (secondary N) is 2. The van der Waals surface area contributed by atoms with Crippen LogP contribution < -0.4 is 10.7 Å². The normalized spacial score (nSPS) is 15.4. The van der Waals surface area contributed by atoms with Crippen LogP contribution in [0, 0.1) is 0 Å². The standard InChI is InChI=1S/C20H23N3O2/c24-19(22-17-10-2-1-3-11-17)13-20(25)23-21-14-16-9-6-8-15-7-4-5-12-18(15)16/h4-9,12,14,17H,1-3,10-11,13H2,(H,22,24)(H,23,25)/b21-14-. The van der Waals surface area contributed by atoms with Crippen LogP contribution in [0.3, 0.4) is 0 Å². The lowest BCUT2D eigenvalue weighted by Gasteiger charge is -2.22. The van der Waals surface area contributed by atoms with Crippen LogP contribution in [0.2, 0.25) is 0 Å². The molecule has 1 aliphatic carbocycles. The van der Waals surface area contributed by atoms with E-state index in [1.807, 2.05) is 42.5 Å². The third kappa shape index (κ3) is 4.89. The van der Waals surface area contributed by atoms with Crippen LogP contribution in [0.25, 0.3) is 10.8 Å². The lowest BCUT2D eigenvalue weighted by molar-refractivity contribution is -0.129. The lowest BCUT2D eigenvalue weighted by Crippen LogP contribution is -2.38. The molecular weight excluding hydrogens is 314 g/mol. The van der Waals surface area contributed by atoms with Crippen LogP contribution in [0.4, 0.5) is 0 Å². The Kier molecular flexibility index (Phi) is 5.77. The fourth-order valence-corrected chi connectivity index (χ4v) is 3.25. The summed E-state index contributed by atoms with van der Waals surface area (Å²) in [5.74, 6) is -0.630. The fourth-order valence-electron chi connectivity index (χ4n) is 3.25. The van der Waals surface area contributed by atoms with Crippen LogP contribution in [0.1, 0.15) is 44.1 Å².